The highest BCUT2D eigenvalue weighted by Crippen LogP contribution is 2.53. The zero-order chi connectivity index (χ0) is 14.4. The van der Waals surface area contributed by atoms with Gasteiger partial charge in [-0.2, -0.15) is 0 Å². The number of rotatable bonds is 8. The van der Waals surface area contributed by atoms with Crippen molar-refractivity contribution in [1.82, 2.24) is 0 Å². The van der Waals surface area contributed by atoms with E-state index in [0.717, 1.165) is 18.6 Å². The Morgan fingerprint density at radius 1 is 1.40 bits per heavy atom. The molecule has 1 saturated carbocycles. The molecule has 0 unspecified atom stereocenters. The Labute approximate surface area is 133 Å². The van der Waals surface area contributed by atoms with Gasteiger partial charge in [0.25, 0.3) is 0 Å². The summed E-state index contributed by atoms with van der Waals surface area (Å²) < 4.78 is 6.15. The molecule has 0 N–H and O–H groups in total. The van der Waals surface area contributed by atoms with Gasteiger partial charge in [0, 0.05) is 21.5 Å². The van der Waals surface area contributed by atoms with Crippen LogP contribution in [-0.4, -0.2) is 18.3 Å². The highest BCUT2D eigenvalue weighted by molar-refractivity contribution is 9.10. The SMILES string of the molecule is CCOC(=O)CCCC1(CSc2ccccc2Br)CC1. The number of halogens is 1. The topological polar surface area (TPSA) is 26.3 Å². The zero-order valence-electron chi connectivity index (χ0n) is 11.9. The molecule has 0 atom stereocenters. The van der Waals surface area contributed by atoms with Crippen LogP contribution in [0.2, 0.25) is 0 Å². The fourth-order valence-corrected chi connectivity index (χ4v) is 4.18. The van der Waals surface area contributed by atoms with Gasteiger partial charge in [-0.1, -0.05) is 12.1 Å². The number of esters is 1. The van der Waals surface area contributed by atoms with Crippen LogP contribution >= 0.6 is 27.7 Å². The average molecular weight is 357 g/mol. The molecule has 1 fully saturated rings. The number of carbonyl (C=O) groups is 1. The van der Waals surface area contributed by atoms with Gasteiger partial charge in [-0.15, -0.1) is 11.8 Å². The Bertz CT molecular complexity index is 458. The van der Waals surface area contributed by atoms with Crippen LogP contribution in [0.15, 0.2) is 33.6 Å². The minimum Gasteiger partial charge on any atom is -0.466 e. The Morgan fingerprint density at radius 2 is 2.15 bits per heavy atom. The van der Waals surface area contributed by atoms with Crippen LogP contribution in [0.5, 0.6) is 0 Å². The van der Waals surface area contributed by atoms with Gasteiger partial charge in [0.05, 0.1) is 6.61 Å². The van der Waals surface area contributed by atoms with E-state index in [-0.39, 0.29) is 5.97 Å². The second-order valence-corrected chi connectivity index (χ2v) is 7.25. The van der Waals surface area contributed by atoms with Crippen LogP contribution < -0.4 is 0 Å². The highest BCUT2D eigenvalue weighted by atomic mass is 79.9. The van der Waals surface area contributed by atoms with Gasteiger partial charge < -0.3 is 4.74 Å². The molecule has 110 valence electrons. The maximum atomic E-state index is 11.3. The third kappa shape index (κ3) is 4.81. The third-order valence-corrected chi connectivity index (χ3v) is 6.10. The molecule has 0 saturated heterocycles. The molecule has 1 aromatic carbocycles. The van der Waals surface area contributed by atoms with Crippen molar-refractivity contribution in [3.63, 3.8) is 0 Å². The zero-order valence-corrected chi connectivity index (χ0v) is 14.3. The standard InChI is InChI=1S/C16H21BrO2S/c1-2-19-15(18)8-5-9-16(10-11-16)12-20-14-7-4-3-6-13(14)17/h3-4,6-7H,2,5,8-12H2,1H3. The van der Waals surface area contributed by atoms with E-state index in [4.69, 9.17) is 4.74 Å². The van der Waals surface area contributed by atoms with E-state index in [1.165, 1.54) is 22.2 Å². The van der Waals surface area contributed by atoms with E-state index < -0.39 is 0 Å². The number of hydrogen-bond donors (Lipinski definition) is 0. The van der Waals surface area contributed by atoms with Crippen LogP contribution in [0, 0.1) is 5.41 Å². The van der Waals surface area contributed by atoms with Crippen LogP contribution in [0.4, 0.5) is 0 Å². The van der Waals surface area contributed by atoms with Gasteiger partial charge >= 0.3 is 5.97 Å². The second kappa shape index (κ2) is 7.51. The number of benzene rings is 1. The van der Waals surface area contributed by atoms with E-state index in [1.54, 1.807) is 0 Å². The van der Waals surface area contributed by atoms with Crippen LogP contribution in [0.25, 0.3) is 0 Å². The lowest BCUT2D eigenvalue weighted by atomic mass is 10.0. The summed E-state index contributed by atoms with van der Waals surface area (Å²) in [4.78, 5) is 12.6. The molecule has 0 heterocycles. The molecule has 0 radical (unpaired) electrons. The van der Waals surface area contributed by atoms with Gasteiger partial charge in [-0.05, 0) is 66.1 Å². The molecule has 2 nitrogen and oxygen atoms in total. The largest absolute Gasteiger partial charge is 0.466 e. The first-order chi connectivity index (χ1) is 9.65. The van der Waals surface area contributed by atoms with E-state index in [0.29, 0.717) is 18.4 Å². The van der Waals surface area contributed by atoms with Gasteiger partial charge in [0.1, 0.15) is 0 Å². The Balaban J connectivity index is 1.72. The number of hydrogen-bond acceptors (Lipinski definition) is 3. The number of thioether (sulfide) groups is 1. The molecule has 0 amide bonds. The molecule has 20 heavy (non-hydrogen) atoms. The molecule has 0 spiro atoms. The molecule has 1 aromatic rings. The van der Waals surface area contributed by atoms with Crippen LogP contribution in [0.3, 0.4) is 0 Å². The summed E-state index contributed by atoms with van der Waals surface area (Å²) in [6.07, 6.45) is 5.26. The lowest BCUT2D eigenvalue weighted by Gasteiger charge is -2.14. The van der Waals surface area contributed by atoms with Crippen molar-refractivity contribution in [3.05, 3.63) is 28.7 Å². The van der Waals surface area contributed by atoms with Crippen molar-refractivity contribution in [2.45, 2.75) is 43.9 Å². The maximum absolute atomic E-state index is 11.3. The van der Waals surface area contributed by atoms with Crippen molar-refractivity contribution < 1.29 is 9.53 Å². The first-order valence-electron chi connectivity index (χ1n) is 7.18. The first kappa shape index (κ1) is 15.9. The lowest BCUT2D eigenvalue weighted by Crippen LogP contribution is -2.08. The Morgan fingerprint density at radius 3 is 2.80 bits per heavy atom. The average Bonchev–Trinajstić information content (AvgIpc) is 3.19. The fourth-order valence-electron chi connectivity index (χ4n) is 2.28. The molecule has 2 rings (SSSR count). The Hall–Kier alpha value is -0.480. The molecule has 1 aliphatic carbocycles. The summed E-state index contributed by atoms with van der Waals surface area (Å²) in [6.45, 7) is 2.34. The molecule has 0 bridgehead atoms. The quantitative estimate of drug-likeness (QED) is 0.481. The summed E-state index contributed by atoms with van der Waals surface area (Å²) in [6, 6.07) is 8.36. The van der Waals surface area contributed by atoms with Crippen LogP contribution in [0.1, 0.15) is 39.0 Å². The molecule has 4 heteroatoms. The predicted octanol–water partition coefficient (Wildman–Crippen LogP) is 5.05. The Kier molecular flexibility index (Phi) is 5.97. The minimum atomic E-state index is -0.0539. The van der Waals surface area contributed by atoms with Gasteiger partial charge in [-0.25, -0.2) is 0 Å². The third-order valence-electron chi connectivity index (χ3n) is 3.72. The molecule has 1 aliphatic rings. The van der Waals surface area contributed by atoms with Crippen molar-refractivity contribution in [2.24, 2.45) is 5.41 Å². The van der Waals surface area contributed by atoms with E-state index >= 15 is 0 Å². The van der Waals surface area contributed by atoms with Crippen molar-refractivity contribution in [2.75, 3.05) is 12.4 Å². The fraction of sp³-hybridized carbons (Fsp3) is 0.562. The number of ether oxygens (including phenoxy) is 1. The minimum absolute atomic E-state index is 0.0539. The molecule has 0 aliphatic heterocycles. The second-order valence-electron chi connectivity index (χ2n) is 5.38. The summed E-state index contributed by atoms with van der Waals surface area (Å²) >= 11 is 5.51. The van der Waals surface area contributed by atoms with Crippen molar-refractivity contribution >= 4 is 33.7 Å². The smallest absolute Gasteiger partial charge is 0.305 e. The lowest BCUT2D eigenvalue weighted by molar-refractivity contribution is -0.143. The van der Waals surface area contributed by atoms with E-state index in [9.17, 15) is 4.79 Å². The summed E-state index contributed by atoms with van der Waals surface area (Å²) in [7, 11) is 0. The van der Waals surface area contributed by atoms with Crippen LogP contribution in [-0.2, 0) is 9.53 Å². The normalized spacial score (nSPS) is 15.9. The van der Waals surface area contributed by atoms with Crippen molar-refractivity contribution in [3.8, 4) is 0 Å². The summed E-state index contributed by atoms with van der Waals surface area (Å²) in [5.74, 6) is 1.10. The maximum Gasteiger partial charge on any atom is 0.305 e. The monoisotopic (exact) mass is 356 g/mol. The molecule has 0 aromatic heterocycles. The van der Waals surface area contributed by atoms with E-state index in [2.05, 4.69) is 34.1 Å². The first-order valence-corrected chi connectivity index (χ1v) is 8.96. The summed E-state index contributed by atoms with van der Waals surface area (Å²) in [5, 5.41) is 0. The van der Waals surface area contributed by atoms with Gasteiger partial charge in [0.15, 0.2) is 0 Å². The summed E-state index contributed by atoms with van der Waals surface area (Å²) in [5.41, 5.74) is 0.465. The molecular weight excluding hydrogens is 336 g/mol. The predicted molar refractivity (Wildman–Crippen MR) is 87.0 cm³/mol. The molecular formula is C16H21BrO2S. The van der Waals surface area contributed by atoms with E-state index in [1.807, 2.05) is 24.8 Å². The van der Waals surface area contributed by atoms with Gasteiger partial charge in [0.2, 0.25) is 0 Å². The van der Waals surface area contributed by atoms with Gasteiger partial charge in [-0.3, -0.25) is 4.79 Å². The highest BCUT2D eigenvalue weighted by Gasteiger charge is 2.41. The number of carbonyl (C=O) groups excluding carboxylic acids is 1. The van der Waals surface area contributed by atoms with Crippen molar-refractivity contribution in [1.29, 1.82) is 0 Å².